The molecule has 4 aromatic rings. The summed E-state index contributed by atoms with van der Waals surface area (Å²) in [6.45, 7) is 3.23. The van der Waals surface area contributed by atoms with Crippen molar-refractivity contribution in [3.05, 3.63) is 105 Å². The highest BCUT2D eigenvalue weighted by molar-refractivity contribution is 6.31. The van der Waals surface area contributed by atoms with Crippen LogP contribution in [-0.4, -0.2) is 27.5 Å². The zero-order valence-corrected chi connectivity index (χ0v) is 21.5. The van der Waals surface area contributed by atoms with Crippen LogP contribution in [0.15, 0.2) is 72.8 Å². The Kier molecular flexibility index (Phi) is 7.30. The number of nitrogens with zero attached hydrogens (tertiary/aromatic N) is 2. The van der Waals surface area contributed by atoms with E-state index in [1.165, 1.54) is 0 Å². The van der Waals surface area contributed by atoms with E-state index in [4.69, 9.17) is 27.9 Å². The third-order valence-corrected chi connectivity index (χ3v) is 7.15. The van der Waals surface area contributed by atoms with Crippen molar-refractivity contribution in [2.75, 3.05) is 6.54 Å². The summed E-state index contributed by atoms with van der Waals surface area (Å²) < 4.78 is 5.98. The number of hydrogen-bond donors (Lipinski definition) is 1. The summed E-state index contributed by atoms with van der Waals surface area (Å²) in [7, 11) is 0. The third-order valence-electron chi connectivity index (χ3n) is 6.53. The second kappa shape index (κ2) is 10.8. The maximum absolute atomic E-state index is 13.4. The lowest BCUT2D eigenvalue weighted by molar-refractivity contribution is 0.0740. The van der Waals surface area contributed by atoms with Crippen LogP contribution in [0.4, 0.5) is 0 Å². The number of nitrogens with one attached hydrogen (secondary N) is 1. The molecule has 0 fully saturated rings. The van der Waals surface area contributed by atoms with Crippen molar-refractivity contribution in [2.45, 2.75) is 38.8 Å². The molecule has 0 saturated carbocycles. The SMILES string of the molecule is CCCCCN1C(=O)c2[nH]nc(-c3ccc(Cl)cc3)c2C1c1ccc(OCc2ccccc2Cl)cc1. The van der Waals surface area contributed by atoms with Crippen LogP contribution in [0.2, 0.25) is 10.0 Å². The summed E-state index contributed by atoms with van der Waals surface area (Å²) in [6, 6.07) is 22.9. The minimum Gasteiger partial charge on any atom is -0.489 e. The lowest BCUT2D eigenvalue weighted by Crippen LogP contribution is -2.30. The van der Waals surface area contributed by atoms with E-state index in [1.54, 1.807) is 0 Å². The zero-order valence-electron chi connectivity index (χ0n) is 20.0. The number of fused-ring (bicyclic) bond motifs is 1. The molecule has 2 heterocycles. The van der Waals surface area contributed by atoms with Crippen molar-refractivity contribution in [3.8, 4) is 17.0 Å². The Morgan fingerprint density at radius 1 is 0.972 bits per heavy atom. The number of amides is 1. The molecule has 0 radical (unpaired) electrons. The number of carbonyl (C=O) groups excluding carboxylic acids is 1. The minimum absolute atomic E-state index is 0.0159. The Morgan fingerprint density at radius 2 is 1.72 bits per heavy atom. The number of unbranched alkanes of at least 4 members (excludes halogenated alkanes) is 2. The van der Waals surface area contributed by atoms with Crippen molar-refractivity contribution in [2.24, 2.45) is 0 Å². The maximum Gasteiger partial charge on any atom is 0.273 e. The summed E-state index contributed by atoms with van der Waals surface area (Å²) in [5, 5.41) is 8.89. The van der Waals surface area contributed by atoms with Crippen LogP contribution in [0.1, 0.15) is 59.4 Å². The summed E-state index contributed by atoms with van der Waals surface area (Å²) in [5.74, 6) is 0.726. The van der Waals surface area contributed by atoms with Gasteiger partial charge >= 0.3 is 0 Å². The molecule has 36 heavy (non-hydrogen) atoms. The van der Waals surface area contributed by atoms with Gasteiger partial charge in [0.2, 0.25) is 0 Å². The molecule has 0 aliphatic carbocycles. The molecule has 0 bridgehead atoms. The Labute approximate surface area is 221 Å². The molecule has 1 aliphatic rings. The van der Waals surface area contributed by atoms with E-state index in [2.05, 4.69) is 17.1 Å². The van der Waals surface area contributed by atoms with Gasteiger partial charge in [-0.1, -0.05) is 85.4 Å². The van der Waals surface area contributed by atoms with E-state index in [-0.39, 0.29) is 11.9 Å². The summed E-state index contributed by atoms with van der Waals surface area (Å²) in [4.78, 5) is 15.4. The predicted octanol–water partition coefficient (Wildman–Crippen LogP) is 7.70. The van der Waals surface area contributed by atoms with Crippen LogP contribution in [0, 0.1) is 0 Å². The number of aromatic nitrogens is 2. The second-order valence-corrected chi connectivity index (χ2v) is 9.77. The Morgan fingerprint density at radius 3 is 2.44 bits per heavy atom. The van der Waals surface area contributed by atoms with Crippen molar-refractivity contribution < 1.29 is 9.53 Å². The second-order valence-electron chi connectivity index (χ2n) is 8.93. The number of carbonyl (C=O) groups is 1. The van der Waals surface area contributed by atoms with Gasteiger partial charge in [-0.25, -0.2) is 0 Å². The number of halogens is 2. The van der Waals surface area contributed by atoms with Gasteiger partial charge in [-0.2, -0.15) is 5.10 Å². The van der Waals surface area contributed by atoms with Crippen molar-refractivity contribution in [1.82, 2.24) is 15.1 Å². The van der Waals surface area contributed by atoms with Gasteiger partial charge in [0.1, 0.15) is 18.1 Å². The molecule has 0 saturated heterocycles. The van der Waals surface area contributed by atoms with E-state index in [0.29, 0.717) is 28.9 Å². The normalized spacial score (nSPS) is 14.8. The molecule has 184 valence electrons. The summed E-state index contributed by atoms with van der Waals surface area (Å²) in [5.41, 5.74) is 5.11. The van der Waals surface area contributed by atoms with Crippen molar-refractivity contribution in [1.29, 1.82) is 0 Å². The maximum atomic E-state index is 13.4. The van der Waals surface area contributed by atoms with Gasteiger partial charge in [0.25, 0.3) is 5.91 Å². The first-order valence-electron chi connectivity index (χ1n) is 12.2. The van der Waals surface area contributed by atoms with Gasteiger partial charge < -0.3 is 9.64 Å². The fourth-order valence-corrected chi connectivity index (χ4v) is 4.97. The highest BCUT2D eigenvalue weighted by Gasteiger charge is 2.41. The molecule has 7 heteroatoms. The van der Waals surface area contributed by atoms with E-state index < -0.39 is 0 Å². The quantitative estimate of drug-likeness (QED) is 0.230. The number of aromatic amines is 1. The monoisotopic (exact) mass is 519 g/mol. The molecule has 1 aromatic heterocycles. The van der Waals surface area contributed by atoms with Gasteiger partial charge in [-0.05, 0) is 42.3 Å². The smallest absolute Gasteiger partial charge is 0.273 e. The van der Waals surface area contributed by atoms with Gasteiger partial charge in [0.15, 0.2) is 0 Å². The number of benzene rings is 3. The standard InChI is InChI=1S/C29H27Cl2N3O2/c1-2-3-6-17-34-28(20-11-15-23(16-12-20)36-18-21-7-4-5-8-24(21)31)25-26(32-33-27(25)29(34)35)19-9-13-22(30)14-10-19/h4-5,7-16,28H,2-3,6,17-18H2,1H3,(H,32,33). The molecular weight excluding hydrogens is 493 g/mol. The van der Waals surface area contributed by atoms with Crippen molar-refractivity contribution in [3.63, 3.8) is 0 Å². The number of rotatable bonds is 9. The third kappa shape index (κ3) is 4.86. The Hall–Kier alpha value is -3.28. The molecule has 5 nitrogen and oxygen atoms in total. The van der Waals surface area contributed by atoms with Gasteiger partial charge in [0, 0.05) is 33.3 Å². The lowest BCUT2D eigenvalue weighted by Gasteiger charge is -2.26. The van der Waals surface area contributed by atoms with Crippen LogP contribution >= 0.6 is 23.2 Å². The largest absolute Gasteiger partial charge is 0.489 e. The molecule has 1 unspecified atom stereocenters. The summed E-state index contributed by atoms with van der Waals surface area (Å²) >= 11 is 12.4. The first-order valence-corrected chi connectivity index (χ1v) is 12.9. The van der Waals surface area contributed by atoms with Crippen LogP contribution in [0.25, 0.3) is 11.3 Å². The van der Waals surface area contributed by atoms with Crippen LogP contribution in [0.5, 0.6) is 5.75 Å². The topological polar surface area (TPSA) is 58.2 Å². The number of hydrogen-bond acceptors (Lipinski definition) is 3. The average Bonchev–Trinajstić information content (AvgIpc) is 3.44. The highest BCUT2D eigenvalue weighted by Crippen LogP contribution is 2.43. The van der Waals surface area contributed by atoms with Crippen LogP contribution < -0.4 is 4.74 Å². The molecule has 1 atom stereocenters. The molecule has 5 rings (SSSR count). The summed E-state index contributed by atoms with van der Waals surface area (Å²) in [6.07, 6.45) is 3.11. The molecule has 0 spiro atoms. The van der Waals surface area contributed by atoms with Crippen LogP contribution in [0.3, 0.4) is 0 Å². The first kappa shape index (κ1) is 24.4. The van der Waals surface area contributed by atoms with E-state index >= 15 is 0 Å². The Bertz CT molecular complexity index is 1350. The average molecular weight is 520 g/mol. The fourth-order valence-electron chi connectivity index (χ4n) is 4.66. The number of H-pyrrole nitrogens is 1. The van der Waals surface area contributed by atoms with Crippen molar-refractivity contribution >= 4 is 29.1 Å². The predicted molar refractivity (Wildman–Crippen MR) is 144 cm³/mol. The van der Waals surface area contributed by atoms with Gasteiger partial charge in [-0.3, -0.25) is 9.89 Å². The molecular formula is C29H27Cl2N3O2. The molecule has 1 aliphatic heterocycles. The van der Waals surface area contributed by atoms with E-state index in [1.807, 2.05) is 77.7 Å². The minimum atomic E-state index is -0.230. The van der Waals surface area contributed by atoms with Gasteiger partial charge in [-0.15, -0.1) is 0 Å². The van der Waals surface area contributed by atoms with E-state index in [0.717, 1.165) is 53.0 Å². The van der Waals surface area contributed by atoms with E-state index in [9.17, 15) is 4.79 Å². The molecule has 1 amide bonds. The van der Waals surface area contributed by atoms with Gasteiger partial charge in [0.05, 0.1) is 11.7 Å². The Balaban J connectivity index is 1.45. The lowest BCUT2D eigenvalue weighted by atomic mass is 9.96. The zero-order chi connectivity index (χ0) is 25.1. The molecule has 3 aromatic carbocycles. The first-order chi connectivity index (χ1) is 17.6. The molecule has 1 N–H and O–H groups in total. The highest BCUT2D eigenvalue weighted by atomic mass is 35.5. The fraction of sp³-hybridized carbons (Fsp3) is 0.241. The van der Waals surface area contributed by atoms with Crippen LogP contribution in [-0.2, 0) is 6.61 Å². The number of ether oxygens (including phenoxy) is 1.